The van der Waals surface area contributed by atoms with Crippen LogP contribution in [0.4, 0.5) is 18.3 Å². The van der Waals surface area contributed by atoms with Crippen molar-refractivity contribution >= 4 is 34.4 Å². The number of halogens is 3. The molecule has 0 aliphatic carbocycles. The number of thiazole rings is 1. The van der Waals surface area contributed by atoms with Gasteiger partial charge in [0, 0.05) is 40.3 Å². The molecular weight excluding hydrogens is 505 g/mol. The molecule has 2 aromatic carbocycles. The molecular formula is C27H27F3N2O4S. The van der Waals surface area contributed by atoms with Crippen LogP contribution >= 0.6 is 11.3 Å². The Bertz CT molecular complexity index is 1310. The van der Waals surface area contributed by atoms with Gasteiger partial charge in [0.05, 0.1) is 11.8 Å². The predicted octanol–water partition coefficient (Wildman–Crippen LogP) is 7.09. The van der Waals surface area contributed by atoms with Crippen LogP contribution in [0.2, 0.25) is 0 Å². The van der Waals surface area contributed by atoms with Crippen LogP contribution in [0.15, 0.2) is 41.3 Å². The van der Waals surface area contributed by atoms with E-state index in [1.807, 2.05) is 13.8 Å². The Morgan fingerprint density at radius 3 is 2.38 bits per heavy atom. The predicted molar refractivity (Wildman–Crippen MR) is 137 cm³/mol. The first-order valence-electron chi connectivity index (χ1n) is 11.6. The Labute approximate surface area is 216 Å². The zero-order valence-electron chi connectivity index (χ0n) is 20.8. The summed E-state index contributed by atoms with van der Waals surface area (Å²) in [5.41, 5.74) is -0.196. The van der Waals surface area contributed by atoms with E-state index in [1.165, 1.54) is 6.92 Å². The third kappa shape index (κ3) is 6.26. The van der Waals surface area contributed by atoms with Crippen LogP contribution in [0.25, 0.3) is 17.3 Å². The lowest BCUT2D eigenvalue weighted by Crippen LogP contribution is -2.15. The van der Waals surface area contributed by atoms with Gasteiger partial charge < -0.3 is 9.84 Å². The Morgan fingerprint density at radius 2 is 1.81 bits per heavy atom. The van der Waals surface area contributed by atoms with Gasteiger partial charge >= 0.3 is 5.97 Å². The van der Waals surface area contributed by atoms with Crippen molar-refractivity contribution in [3.05, 3.63) is 75.4 Å². The number of nitrogens with one attached hydrogen (secondary N) is 1. The molecule has 0 aliphatic rings. The highest BCUT2D eigenvalue weighted by molar-refractivity contribution is 7.14. The molecule has 0 bridgehead atoms. The van der Waals surface area contributed by atoms with Gasteiger partial charge in [0.2, 0.25) is 0 Å². The average Bonchev–Trinajstić information content (AvgIpc) is 3.32. The van der Waals surface area contributed by atoms with E-state index in [0.29, 0.717) is 11.3 Å². The van der Waals surface area contributed by atoms with Crippen molar-refractivity contribution in [3.63, 3.8) is 0 Å². The molecule has 196 valence electrons. The Hall–Kier alpha value is -3.50. The van der Waals surface area contributed by atoms with Crippen molar-refractivity contribution in [1.29, 1.82) is 0 Å². The summed E-state index contributed by atoms with van der Waals surface area (Å²) < 4.78 is 50.0. The third-order valence-electron chi connectivity index (χ3n) is 6.11. The number of aromatic nitrogens is 1. The minimum atomic E-state index is -1.32. The van der Waals surface area contributed by atoms with E-state index in [9.17, 15) is 18.4 Å². The number of aliphatic carboxylic acids is 1. The standard InChI is InChI=1S/C27H27F3N2O4S/c1-5-15(6-2)24(36-4)18-9-7-8-17(23(18)30)22-13-37-27(31-22)32-25(33)16-11-20(28)19(21(29)12-16)10-14(3)26(34)35/h7-13,15,24H,5-6H2,1-4H3,(H,34,35)(H,31,32,33)/b14-10+. The number of amides is 1. The van der Waals surface area contributed by atoms with Gasteiger partial charge in [0.1, 0.15) is 17.5 Å². The van der Waals surface area contributed by atoms with Gasteiger partial charge in [-0.2, -0.15) is 0 Å². The van der Waals surface area contributed by atoms with Gasteiger partial charge in [0.15, 0.2) is 5.13 Å². The first-order chi connectivity index (χ1) is 17.6. The summed E-state index contributed by atoms with van der Waals surface area (Å²) in [5.74, 6) is -4.66. The van der Waals surface area contributed by atoms with E-state index in [-0.39, 0.29) is 27.7 Å². The van der Waals surface area contributed by atoms with Crippen LogP contribution < -0.4 is 5.32 Å². The normalized spacial score (nSPS) is 12.6. The zero-order chi connectivity index (χ0) is 27.3. The van der Waals surface area contributed by atoms with Crippen LogP contribution in [0.3, 0.4) is 0 Å². The number of hydrogen-bond acceptors (Lipinski definition) is 5. The summed E-state index contributed by atoms with van der Waals surface area (Å²) in [6.45, 7) is 5.24. The zero-order valence-corrected chi connectivity index (χ0v) is 21.6. The second-order valence-electron chi connectivity index (χ2n) is 8.42. The molecule has 0 saturated carbocycles. The minimum Gasteiger partial charge on any atom is -0.478 e. The molecule has 6 nitrogen and oxygen atoms in total. The maximum absolute atomic E-state index is 15.5. The molecule has 3 aromatic rings. The lowest BCUT2D eigenvalue weighted by Gasteiger charge is -2.25. The molecule has 0 radical (unpaired) electrons. The van der Waals surface area contributed by atoms with E-state index in [2.05, 4.69) is 10.3 Å². The van der Waals surface area contributed by atoms with Crippen LogP contribution in [0.1, 0.15) is 61.2 Å². The van der Waals surface area contributed by atoms with E-state index in [0.717, 1.165) is 42.4 Å². The number of nitrogens with zero attached hydrogens (tertiary/aromatic N) is 1. The lowest BCUT2D eigenvalue weighted by molar-refractivity contribution is -0.132. The molecule has 37 heavy (non-hydrogen) atoms. The number of rotatable bonds is 10. The van der Waals surface area contributed by atoms with Crippen molar-refractivity contribution in [2.45, 2.75) is 39.7 Å². The number of carbonyl (C=O) groups is 2. The van der Waals surface area contributed by atoms with Gasteiger partial charge in [-0.3, -0.25) is 10.1 Å². The van der Waals surface area contributed by atoms with Crippen molar-refractivity contribution in [3.8, 4) is 11.3 Å². The monoisotopic (exact) mass is 532 g/mol. The molecule has 2 N–H and O–H groups in total. The largest absolute Gasteiger partial charge is 0.478 e. The van der Waals surface area contributed by atoms with E-state index >= 15 is 4.39 Å². The second-order valence-corrected chi connectivity index (χ2v) is 9.28. The van der Waals surface area contributed by atoms with Gasteiger partial charge in [-0.1, -0.05) is 38.8 Å². The molecule has 1 unspecified atom stereocenters. The van der Waals surface area contributed by atoms with Crippen LogP contribution in [0.5, 0.6) is 0 Å². The fourth-order valence-electron chi connectivity index (χ4n) is 4.01. The number of carboxylic acids is 1. The van der Waals surface area contributed by atoms with Gasteiger partial charge in [-0.25, -0.2) is 22.9 Å². The summed E-state index contributed by atoms with van der Waals surface area (Å²) in [6, 6.07) is 6.59. The fourth-order valence-corrected chi connectivity index (χ4v) is 4.72. The summed E-state index contributed by atoms with van der Waals surface area (Å²) in [5, 5.41) is 13.1. The molecule has 0 fully saturated rings. The number of ether oxygens (including phenoxy) is 1. The molecule has 10 heteroatoms. The summed E-state index contributed by atoms with van der Waals surface area (Å²) >= 11 is 1.03. The number of benzene rings is 2. The smallest absolute Gasteiger partial charge is 0.331 e. The summed E-state index contributed by atoms with van der Waals surface area (Å²) in [6.07, 6.45) is 2.07. The number of hydrogen-bond donors (Lipinski definition) is 2. The lowest BCUT2D eigenvalue weighted by atomic mass is 9.89. The molecule has 3 rings (SSSR count). The Kier molecular flexibility index (Phi) is 9.23. The Morgan fingerprint density at radius 1 is 1.16 bits per heavy atom. The average molecular weight is 533 g/mol. The second kappa shape index (κ2) is 12.2. The molecule has 0 spiro atoms. The number of anilines is 1. The van der Waals surface area contributed by atoms with E-state index < -0.39 is 41.0 Å². The molecule has 0 aliphatic heterocycles. The first kappa shape index (κ1) is 28.1. The van der Waals surface area contributed by atoms with Crippen molar-refractivity contribution in [1.82, 2.24) is 4.98 Å². The topological polar surface area (TPSA) is 88.5 Å². The SMILES string of the molecule is CCC(CC)C(OC)c1cccc(-c2csc(NC(=O)c3cc(F)c(/C=C(\C)C(=O)O)c(F)c3)n2)c1F. The van der Waals surface area contributed by atoms with E-state index in [1.54, 1.807) is 30.7 Å². The van der Waals surface area contributed by atoms with Crippen LogP contribution in [0, 0.1) is 23.4 Å². The van der Waals surface area contributed by atoms with Gasteiger partial charge in [-0.15, -0.1) is 11.3 Å². The quantitative estimate of drug-likeness (QED) is 0.272. The fraction of sp³-hybridized carbons (Fsp3) is 0.296. The van der Waals surface area contributed by atoms with Crippen molar-refractivity contribution in [2.75, 3.05) is 12.4 Å². The highest BCUT2D eigenvalue weighted by Crippen LogP contribution is 2.36. The maximum Gasteiger partial charge on any atom is 0.331 e. The van der Waals surface area contributed by atoms with Crippen molar-refractivity contribution < 1.29 is 32.6 Å². The van der Waals surface area contributed by atoms with Crippen molar-refractivity contribution in [2.24, 2.45) is 5.92 Å². The highest BCUT2D eigenvalue weighted by Gasteiger charge is 2.25. The Balaban J connectivity index is 1.85. The van der Waals surface area contributed by atoms with Crippen LogP contribution in [-0.2, 0) is 9.53 Å². The first-order valence-corrected chi connectivity index (χ1v) is 12.5. The maximum atomic E-state index is 15.5. The third-order valence-corrected chi connectivity index (χ3v) is 6.86. The minimum absolute atomic E-state index is 0.111. The number of methoxy groups -OCH3 is 1. The molecule has 1 atom stereocenters. The van der Waals surface area contributed by atoms with Gasteiger partial charge in [-0.05, 0) is 37.1 Å². The van der Waals surface area contributed by atoms with Gasteiger partial charge in [0.25, 0.3) is 5.91 Å². The van der Waals surface area contributed by atoms with E-state index in [4.69, 9.17) is 9.84 Å². The molecule has 1 amide bonds. The number of carboxylic acid groups (broad SMARTS) is 1. The molecule has 1 heterocycles. The molecule has 0 saturated heterocycles. The molecule has 1 aromatic heterocycles. The highest BCUT2D eigenvalue weighted by atomic mass is 32.1. The summed E-state index contributed by atoms with van der Waals surface area (Å²) in [7, 11) is 1.55. The number of carbonyl (C=O) groups excluding carboxylic acids is 1. The van der Waals surface area contributed by atoms with Crippen LogP contribution in [-0.4, -0.2) is 29.1 Å². The summed E-state index contributed by atoms with van der Waals surface area (Å²) in [4.78, 5) is 27.8.